The molecular formula is C19H19N5O3S2. The number of hydrogen-bond acceptors (Lipinski definition) is 8. The summed E-state index contributed by atoms with van der Waals surface area (Å²) in [5, 5.41) is 11.0. The topological polar surface area (TPSA) is 103 Å². The van der Waals surface area contributed by atoms with E-state index in [0.717, 1.165) is 10.4 Å². The Bertz CT molecular complexity index is 1210. The molecule has 4 aromatic heterocycles. The van der Waals surface area contributed by atoms with Crippen LogP contribution >= 0.6 is 22.7 Å². The minimum Gasteiger partial charge on any atom is -0.347 e. The fourth-order valence-electron chi connectivity index (χ4n) is 2.71. The van der Waals surface area contributed by atoms with Crippen LogP contribution in [0.15, 0.2) is 38.5 Å². The largest absolute Gasteiger partial charge is 0.347 e. The molecule has 0 bridgehead atoms. The highest BCUT2D eigenvalue weighted by atomic mass is 32.1. The molecule has 0 unspecified atom stereocenters. The zero-order chi connectivity index (χ0) is 20.6. The van der Waals surface area contributed by atoms with Gasteiger partial charge in [0.2, 0.25) is 11.8 Å². The summed E-state index contributed by atoms with van der Waals surface area (Å²) in [6.45, 7) is 5.89. The number of carbonyl (C=O) groups is 1. The Kier molecular flexibility index (Phi) is 5.05. The van der Waals surface area contributed by atoms with Gasteiger partial charge in [0.15, 0.2) is 5.82 Å². The van der Waals surface area contributed by atoms with Crippen molar-refractivity contribution in [2.45, 2.75) is 39.3 Å². The Hall–Kier alpha value is -2.85. The predicted octanol–water partition coefficient (Wildman–Crippen LogP) is 3.18. The molecule has 29 heavy (non-hydrogen) atoms. The first-order valence-electron chi connectivity index (χ1n) is 8.93. The summed E-state index contributed by atoms with van der Waals surface area (Å²) in [4.78, 5) is 35.6. The average Bonchev–Trinajstić information content (AvgIpc) is 3.41. The van der Waals surface area contributed by atoms with Crippen LogP contribution in [0.5, 0.6) is 0 Å². The van der Waals surface area contributed by atoms with Crippen LogP contribution in [-0.2, 0) is 23.3 Å². The maximum absolute atomic E-state index is 12.9. The quantitative estimate of drug-likeness (QED) is 0.523. The van der Waals surface area contributed by atoms with Crippen molar-refractivity contribution >= 4 is 38.8 Å². The van der Waals surface area contributed by atoms with E-state index in [1.807, 2.05) is 43.7 Å². The van der Waals surface area contributed by atoms with Crippen molar-refractivity contribution in [2.75, 3.05) is 0 Å². The van der Waals surface area contributed by atoms with E-state index in [-0.39, 0.29) is 30.0 Å². The summed E-state index contributed by atoms with van der Waals surface area (Å²) < 4.78 is 6.53. The van der Waals surface area contributed by atoms with E-state index in [9.17, 15) is 9.59 Å². The first-order chi connectivity index (χ1) is 13.8. The molecule has 1 N–H and O–H groups in total. The molecule has 1 amide bonds. The van der Waals surface area contributed by atoms with Gasteiger partial charge in [0, 0.05) is 21.2 Å². The van der Waals surface area contributed by atoms with Gasteiger partial charge in [-0.25, -0.2) is 4.98 Å². The summed E-state index contributed by atoms with van der Waals surface area (Å²) in [5.74, 6) is 0.566. The summed E-state index contributed by atoms with van der Waals surface area (Å²) >= 11 is 2.98. The maximum atomic E-state index is 12.9. The van der Waals surface area contributed by atoms with E-state index < -0.39 is 0 Å². The third-order valence-corrected chi connectivity index (χ3v) is 6.00. The van der Waals surface area contributed by atoms with Crippen LogP contribution in [0, 0.1) is 0 Å². The molecule has 0 atom stereocenters. The van der Waals surface area contributed by atoms with E-state index in [2.05, 4.69) is 20.4 Å². The van der Waals surface area contributed by atoms with E-state index in [4.69, 9.17) is 4.52 Å². The smallest absolute Gasteiger partial charge is 0.263 e. The van der Waals surface area contributed by atoms with Crippen LogP contribution in [0.1, 0.15) is 32.5 Å². The number of hydrogen-bond donors (Lipinski definition) is 1. The second-order valence-corrected chi connectivity index (χ2v) is 9.33. The van der Waals surface area contributed by atoms with Crippen LogP contribution < -0.4 is 10.9 Å². The number of carbonyl (C=O) groups excluding carboxylic acids is 1. The van der Waals surface area contributed by atoms with Gasteiger partial charge >= 0.3 is 0 Å². The highest BCUT2D eigenvalue weighted by molar-refractivity contribution is 7.18. The molecule has 4 rings (SSSR count). The molecule has 10 heteroatoms. The predicted molar refractivity (Wildman–Crippen MR) is 112 cm³/mol. The molecule has 0 saturated heterocycles. The molecule has 150 valence electrons. The molecule has 8 nitrogen and oxygen atoms in total. The van der Waals surface area contributed by atoms with E-state index in [1.54, 1.807) is 11.3 Å². The Labute approximate surface area is 174 Å². The Morgan fingerprint density at radius 3 is 2.83 bits per heavy atom. The molecule has 0 aliphatic rings. The number of rotatable bonds is 5. The van der Waals surface area contributed by atoms with Gasteiger partial charge < -0.3 is 9.84 Å². The lowest BCUT2D eigenvalue weighted by Gasteiger charge is -2.10. The van der Waals surface area contributed by atoms with Crippen molar-refractivity contribution in [3.63, 3.8) is 0 Å². The first-order valence-corrected chi connectivity index (χ1v) is 10.7. The first kappa shape index (κ1) is 19.5. The number of amides is 1. The SMILES string of the molecule is CC(C)(C)c1nc(CNC(=O)Cn2cnc3scc(-c4cccs4)c3c2=O)no1. The lowest BCUT2D eigenvalue weighted by atomic mass is 9.97. The van der Waals surface area contributed by atoms with Crippen molar-refractivity contribution in [1.82, 2.24) is 25.0 Å². The molecular weight excluding hydrogens is 410 g/mol. The van der Waals surface area contributed by atoms with Crippen LogP contribution in [0.25, 0.3) is 20.7 Å². The van der Waals surface area contributed by atoms with Crippen molar-refractivity contribution in [2.24, 2.45) is 0 Å². The van der Waals surface area contributed by atoms with Crippen LogP contribution in [0.2, 0.25) is 0 Å². The van der Waals surface area contributed by atoms with Gasteiger partial charge in [-0.1, -0.05) is 32.0 Å². The second-order valence-electron chi connectivity index (χ2n) is 7.53. The molecule has 4 heterocycles. The summed E-state index contributed by atoms with van der Waals surface area (Å²) in [5.41, 5.74) is 0.364. The third-order valence-electron chi connectivity index (χ3n) is 4.21. The zero-order valence-electron chi connectivity index (χ0n) is 16.1. The molecule has 0 aromatic carbocycles. The Morgan fingerprint density at radius 2 is 2.14 bits per heavy atom. The molecule has 0 spiro atoms. The fourth-order valence-corrected chi connectivity index (χ4v) is 4.43. The van der Waals surface area contributed by atoms with Crippen LogP contribution in [0.4, 0.5) is 0 Å². The minimum absolute atomic E-state index is 0.127. The molecule has 0 aliphatic heterocycles. The lowest BCUT2D eigenvalue weighted by Crippen LogP contribution is -2.32. The van der Waals surface area contributed by atoms with Crippen LogP contribution in [0.3, 0.4) is 0 Å². The van der Waals surface area contributed by atoms with Crippen LogP contribution in [-0.4, -0.2) is 25.6 Å². The summed E-state index contributed by atoms with van der Waals surface area (Å²) in [6, 6.07) is 3.90. The summed E-state index contributed by atoms with van der Waals surface area (Å²) in [6.07, 6.45) is 1.41. The number of nitrogens with one attached hydrogen (secondary N) is 1. The van der Waals surface area contributed by atoms with Gasteiger partial charge in [0.05, 0.1) is 18.3 Å². The van der Waals surface area contributed by atoms with Crippen molar-refractivity contribution in [3.8, 4) is 10.4 Å². The maximum Gasteiger partial charge on any atom is 0.263 e. The van der Waals surface area contributed by atoms with Gasteiger partial charge in [-0.3, -0.25) is 14.2 Å². The van der Waals surface area contributed by atoms with E-state index >= 15 is 0 Å². The zero-order valence-corrected chi connectivity index (χ0v) is 17.8. The Balaban J connectivity index is 1.50. The number of aromatic nitrogens is 4. The van der Waals surface area contributed by atoms with Gasteiger partial charge in [-0.05, 0) is 11.4 Å². The molecule has 0 aliphatic carbocycles. The number of fused-ring (bicyclic) bond motifs is 1. The highest BCUT2D eigenvalue weighted by Gasteiger charge is 2.22. The van der Waals surface area contributed by atoms with Gasteiger partial charge in [-0.2, -0.15) is 4.98 Å². The molecule has 0 saturated carbocycles. The highest BCUT2D eigenvalue weighted by Crippen LogP contribution is 2.33. The standard InChI is InChI=1S/C19H19N5O3S2/c1-19(2,3)18-22-13(23-27-18)7-20-14(25)8-24-10-21-16-15(17(24)26)11(9-29-16)12-5-4-6-28-12/h4-6,9-10H,7-8H2,1-3H3,(H,20,25). The van der Waals surface area contributed by atoms with Crippen molar-refractivity contribution in [1.29, 1.82) is 0 Å². The van der Waals surface area contributed by atoms with E-state index in [1.165, 1.54) is 22.2 Å². The van der Waals surface area contributed by atoms with Gasteiger partial charge in [-0.15, -0.1) is 22.7 Å². The van der Waals surface area contributed by atoms with Crippen molar-refractivity contribution in [3.05, 3.63) is 51.3 Å². The molecule has 0 radical (unpaired) electrons. The van der Waals surface area contributed by atoms with E-state index in [0.29, 0.717) is 21.9 Å². The Morgan fingerprint density at radius 1 is 1.31 bits per heavy atom. The van der Waals surface area contributed by atoms with Gasteiger partial charge in [0.25, 0.3) is 5.56 Å². The molecule has 0 fully saturated rings. The van der Waals surface area contributed by atoms with Gasteiger partial charge in [0.1, 0.15) is 11.4 Å². The second kappa shape index (κ2) is 7.53. The number of thiophene rings is 2. The normalized spacial score (nSPS) is 11.8. The fraction of sp³-hybridized carbons (Fsp3) is 0.316. The van der Waals surface area contributed by atoms with Crippen molar-refractivity contribution < 1.29 is 9.32 Å². The number of nitrogens with zero attached hydrogens (tertiary/aromatic N) is 4. The summed E-state index contributed by atoms with van der Waals surface area (Å²) in [7, 11) is 0. The monoisotopic (exact) mass is 429 g/mol. The third kappa shape index (κ3) is 3.99. The minimum atomic E-state index is -0.330. The lowest BCUT2D eigenvalue weighted by molar-refractivity contribution is -0.121. The average molecular weight is 430 g/mol. The molecule has 4 aromatic rings.